The molecule has 0 radical (unpaired) electrons. The predicted molar refractivity (Wildman–Crippen MR) is 87.0 cm³/mol. The van der Waals surface area contributed by atoms with Gasteiger partial charge in [-0.1, -0.05) is 19.3 Å². The number of nitrogens with zero attached hydrogens (tertiary/aromatic N) is 2. The Morgan fingerprint density at radius 2 is 2.00 bits per heavy atom. The zero-order valence-corrected chi connectivity index (χ0v) is 13.3. The summed E-state index contributed by atoms with van der Waals surface area (Å²) in [6.45, 7) is 1.98. The maximum atomic E-state index is 12.3. The molecule has 1 saturated carbocycles. The van der Waals surface area contributed by atoms with Crippen molar-refractivity contribution in [3.63, 3.8) is 0 Å². The van der Waals surface area contributed by atoms with Crippen molar-refractivity contribution < 1.29 is 9.59 Å². The molecule has 1 unspecified atom stereocenters. The minimum atomic E-state index is -0.118. The Labute approximate surface area is 136 Å². The molecule has 0 aromatic carbocycles. The van der Waals surface area contributed by atoms with Gasteiger partial charge in [0.15, 0.2) is 0 Å². The molecule has 0 bridgehead atoms. The first kappa shape index (κ1) is 15.8. The van der Waals surface area contributed by atoms with E-state index in [4.69, 9.17) is 0 Å². The van der Waals surface area contributed by atoms with Crippen LogP contribution in [0.2, 0.25) is 0 Å². The summed E-state index contributed by atoms with van der Waals surface area (Å²) in [5.74, 6) is 0.803. The van der Waals surface area contributed by atoms with Gasteiger partial charge in [0.05, 0.1) is 0 Å². The molecule has 1 aliphatic heterocycles. The number of amides is 3. The van der Waals surface area contributed by atoms with E-state index in [1.807, 2.05) is 0 Å². The lowest BCUT2D eigenvalue weighted by atomic mass is 9.83. The first-order valence-electron chi connectivity index (χ1n) is 8.46. The Bertz CT molecular complexity index is 545. The number of hydrogen-bond donors (Lipinski definition) is 2. The van der Waals surface area contributed by atoms with Gasteiger partial charge in [-0.15, -0.1) is 0 Å². The van der Waals surface area contributed by atoms with E-state index >= 15 is 0 Å². The average Bonchev–Trinajstić information content (AvgIpc) is 2.98. The summed E-state index contributed by atoms with van der Waals surface area (Å²) >= 11 is 0. The van der Waals surface area contributed by atoms with Gasteiger partial charge in [0, 0.05) is 43.6 Å². The fourth-order valence-corrected chi connectivity index (χ4v) is 3.15. The van der Waals surface area contributed by atoms with Gasteiger partial charge in [-0.25, -0.2) is 4.79 Å². The van der Waals surface area contributed by atoms with E-state index in [0.717, 1.165) is 25.3 Å². The largest absolute Gasteiger partial charge is 0.338 e. The number of aromatic nitrogens is 1. The van der Waals surface area contributed by atoms with Gasteiger partial charge >= 0.3 is 6.03 Å². The Morgan fingerprint density at radius 3 is 2.70 bits per heavy atom. The molecule has 1 atom stereocenters. The van der Waals surface area contributed by atoms with Crippen molar-refractivity contribution in [1.82, 2.24) is 20.5 Å². The molecule has 3 rings (SSSR count). The zero-order chi connectivity index (χ0) is 16.1. The number of urea groups is 1. The molecule has 2 aliphatic rings. The first-order valence-corrected chi connectivity index (χ1v) is 8.46. The number of likely N-dealkylation sites (tertiary alicyclic amines) is 1. The summed E-state index contributed by atoms with van der Waals surface area (Å²) in [6, 6.07) is 3.35. The average molecular weight is 316 g/mol. The second kappa shape index (κ2) is 7.44. The van der Waals surface area contributed by atoms with Crippen molar-refractivity contribution in [1.29, 1.82) is 0 Å². The number of hydrogen-bond acceptors (Lipinski definition) is 3. The standard InChI is InChI=1S/C17H24N4O2/c22-16(14-5-8-18-9-6-14)21-11-7-15(12-21)20-17(23)19-10-4-13-2-1-3-13/h5-6,8-9,13,15H,1-4,7,10-12H2,(H2,19,20,23). The lowest BCUT2D eigenvalue weighted by molar-refractivity contribution is 0.0789. The molecule has 1 saturated heterocycles. The van der Waals surface area contributed by atoms with Crippen LogP contribution in [0, 0.1) is 5.92 Å². The molecule has 2 N–H and O–H groups in total. The van der Waals surface area contributed by atoms with Crippen LogP contribution in [0.25, 0.3) is 0 Å². The molecule has 124 valence electrons. The molecular weight excluding hydrogens is 292 g/mol. The SMILES string of the molecule is O=C(NCCC1CCC1)NC1CCN(C(=O)c2ccncc2)C1. The number of carbonyl (C=O) groups excluding carboxylic acids is 2. The number of nitrogens with one attached hydrogen (secondary N) is 2. The Balaban J connectivity index is 1.39. The van der Waals surface area contributed by atoms with Crippen LogP contribution in [0.4, 0.5) is 4.79 Å². The molecule has 6 heteroatoms. The molecule has 1 aromatic rings. The van der Waals surface area contributed by atoms with Crippen LogP contribution in [0.15, 0.2) is 24.5 Å². The Morgan fingerprint density at radius 1 is 1.22 bits per heavy atom. The van der Waals surface area contributed by atoms with Crippen molar-refractivity contribution in [3.05, 3.63) is 30.1 Å². The molecule has 2 fully saturated rings. The summed E-state index contributed by atoms with van der Waals surface area (Å²) < 4.78 is 0. The Kier molecular flexibility index (Phi) is 5.10. The zero-order valence-electron chi connectivity index (χ0n) is 13.3. The number of rotatable bonds is 5. The first-order chi connectivity index (χ1) is 11.2. The highest BCUT2D eigenvalue weighted by Gasteiger charge is 2.28. The minimum Gasteiger partial charge on any atom is -0.338 e. The predicted octanol–water partition coefficient (Wildman–Crippen LogP) is 1.79. The second-order valence-electron chi connectivity index (χ2n) is 6.46. The van der Waals surface area contributed by atoms with Crippen molar-refractivity contribution in [3.8, 4) is 0 Å². The van der Waals surface area contributed by atoms with Gasteiger partial charge in [-0.2, -0.15) is 0 Å². The lowest BCUT2D eigenvalue weighted by Gasteiger charge is -2.25. The van der Waals surface area contributed by atoms with Crippen LogP contribution in [0.5, 0.6) is 0 Å². The van der Waals surface area contributed by atoms with Crippen LogP contribution in [-0.2, 0) is 0 Å². The fourth-order valence-electron chi connectivity index (χ4n) is 3.15. The summed E-state index contributed by atoms with van der Waals surface area (Å²) in [6.07, 6.45) is 9.05. The highest BCUT2D eigenvalue weighted by Crippen LogP contribution is 2.28. The van der Waals surface area contributed by atoms with Crippen LogP contribution in [-0.4, -0.2) is 47.5 Å². The van der Waals surface area contributed by atoms with Gasteiger partial charge in [0.2, 0.25) is 0 Å². The summed E-state index contributed by atoms with van der Waals surface area (Å²) in [5, 5.41) is 5.89. The number of pyridine rings is 1. The van der Waals surface area contributed by atoms with E-state index < -0.39 is 0 Å². The van der Waals surface area contributed by atoms with E-state index in [0.29, 0.717) is 18.7 Å². The fraction of sp³-hybridized carbons (Fsp3) is 0.588. The molecule has 6 nitrogen and oxygen atoms in total. The van der Waals surface area contributed by atoms with E-state index in [1.54, 1.807) is 29.4 Å². The molecular formula is C17H24N4O2. The lowest BCUT2D eigenvalue weighted by Crippen LogP contribution is -2.44. The minimum absolute atomic E-state index is 0.00194. The third-order valence-corrected chi connectivity index (χ3v) is 4.80. The molecule has 1 aliphatic carbocycles. The third-order valence-electron chi connectivity index (χ3n) is 4.80. The van der Waals surface area contributed by atoms with Gasteiger partial charge in [-0.05, 0) is 30.9 Å². The van der Waals surface area contributed by atoms with E-state index in [1.165, 1.54) is 19.3 Å². The van der Waals surface area contributed by atoms with Gasteiger partial charge < -0.3 is 15.5 Å². The third kappa shape index (κ3) is 4.21. The molecule has 0 spiro atoms. The van der Waals surface area contributed by atoms with Crippen molar-refractivity contribution in [2.45, 2.75) is 38.1 Å². The number of carbonyl (C=O) groups is 2. The van der Waals surface area contributed by atoms with Crippen molar-refractivity contribution >= 4 is 11.9 Å². The van der Waals surface area contributed by atoms with E-state index in [-0.39, 0.29) is 18.0 Å². The quantitative estimate of drug-likeness (QED) is 0.869. The molecule has 2 heterocycles. The van der Waals surface area contributed by atoms with Crippen molar-refractivity contribution in [2.75, 3.05) is 19.6 Å². The Hall–Kier alpha value is -2.11. The smallest absolute Gasteiger partial charge is 0.315 e. The van der Waals surface area contributed by atoms with Crippen LogP contribution in [0.1, 0.15) is 42.5 Å². The second-order valence-corrected chi connectivity index (χ2v) is 6.46. The summed E-state index contributed by atoms with van der Waals surface area (Å²) in [4.78, 5) is 29.9. The maximum absolute atomic E-state index is 12.3. The van der Waals surface area contributed by atoms with Gasteiger partial charge in [-0.3, -0.25) is 9.78 Å². The highest BCUT2D eigenvalue weighted by molar-refractivity contribution is 5.94. The highest BCUT2D eigenvalue weighted by atomic mass is 16.2. The van der Waals surface area contributed by atoms with Crippen LogP contribution in [0.3, 0.4) is 0 Å². The van der Waals surface area contributed by atoms with Crippen molar-refractivity contribution in [2.24, 2.45) is 5.92 Å². The van der Waals surface area contributed by atoms with E-state index in [9.17, 15) is 9.59 Å². The van der Waals surface area contributed by atoms with Gasteiger partial charge in [0.1, 0.15) is 0 Å². The monoisotopic (exact) mass is 316 g/mol. The normalized spacial score (nSPS) is 20.9. The summed E-state index contributed by atoms with van der Waals surface area (Å²) in [7, 11) is 0. The summed E-state index contributed by atoms with van der Waals surface area (Å²) in [5.41, 5.74) is 0.644. The molecule has 3 amide bonds. The molecule has 1 aromatic heterocycles. The molecule has 23 heavy (non-hydrogen) atoms. The van der Waals surface area contributed by atoms with Gasteiger partial charge in [0.25, 0.3) is 5.91 Å². The van der Waals surface area contributed by atoms with Crippen LogP contribution < -0.4 is 10.6 Å². The van der Waals surface area contributed by atoms with Crippen LogP contribution >= 0.6 is 0 Å². The van der Waals surface area contributed by atoms with E-state index in [2.05, 4.69) is 15.6 Å². The maximum Gasteiger partial charge on any atom is 0.315 e. The topological polar surface area (TPSA) is 74.3 Å².